The van der Waals surface area contributed by atoms with Crippen LogP contribution in [0.5, 0.6) is 0 Å². The molecular weight excluding hydrogens is 218 g/mol. The first-order valence-electron chi connectivity index (χ1n) is 5.22. The third kappa shape index (κ3) is 2.77. The topological polar surface area (TPSA) is 12.0 Å². The molecule has 1 aliphatic rings. The lowest BCUT2D eigenvalue weighted by Crippen LogP contribution is -2.25. The zero-order valence-electron chi connectivity index (χ0n) is 9.07. The van der Waals surface area contributed by atoms with Crippen LogP contribution in [-0.4, -0.2) is 6.04 Å². The van der Waals surface area contributed by atoms with Crippen LogP contribution in [0.25, 0.3) is 6.08 Å². The first kappa shape index (κ1) is 11.0. The minimum absolute atomic E-state index is 0.220. The summed E-state index contributed by atoms with van der Waals surface area (Å²) in [4.78, 5) is 0. The van der Waals surface area contributed by atoms with Crippen molar-refractivity contribution in [1.29, 1.82) is 0 Å². The molecule has 0 amide bonds. The summed E-state index contributed by atoms with van der Waals surface area (Å²) in [6, 6.07) is 8.02. The highest BCUT2D eigenvalue weighted by molar-refractivity contribution is 6.32. The number of nitrogens with one attached hydrogen (secondary N) is 1. The lowest BCUT2D eigenvalue weighted by atomic mass is 10.1. The van der Waals surface area contributed by atoms with E-state index in [9.17, 15) is 0 Å². The zero-order valence-corrected chi connectivity index (χ0v) is 9.83. The van der Waals surface area contributed by atoms with Gasteiger partial charge in [-0.1, -0.05) is 54.1 Å². The van der Waals surface area contributed by atoms with Crippen LogP contribution in [0, 0.1) is 6.08 Å². The van der Waals surface area contributed by atoms with Gasteiger partial charge in [-0.25, -0.2) is 0 Å². The average Bonchev–Trinajstić information content (AvgIpc) is 2.28. The van der Waals surface area contributed by atoms with Gasteiger partial charge < -0.3 is 5.32 Å². The molecule has 1 aliphatic heterocycles. The molecule has 0 saturated heterocycles. The van der Waals surface area contributed by atoms with Crippen molar-refractivity contribution in [2.75, 3.05) is 0 Å². The molecule has 81 valence electrons. The normalized spacial score (nSPS) is 19.6. The van der Waals surface area contributed by atoms with Gasteiger partial charge >= 0.3 is 0 Å². The summed E-state index contributed by atoms with van der Waals surface area (Å²) in [6.07, 6.45) is 11.2. The molecule has 16 heavy (non-hydrogen) atoms. The zero-order chi connectivity index (χ0) is 11.4. The van der Waals surface area contributed by atoms with Crippen LogP contribution in [0.15, 0.2) is 48.2 Å². The van der Waals surface area contributed by atoms with Crippen molar-refractivity contribution in [1.82, 2.24) is 5.32 Å². The number of hydrogen-bond acceptors (Lipinski definition) is 1. The SMILES string of the molecule is CC1=[C]C=CC(C=Cc2ccccc2Cl)N1. The Morgan fingerprint density at radius 2 is 2.19 bits per heavy atom. The number of rotatable bonds is 2. The second-order valence-corrected chi connectivity index (χ2v) is 4.09. The smallest absolute Gasteiger partial charge is 0.0632 e. The molecule has 0 bridgehead atoms. The summed E-state index contributed by atoms with van der Waals surface area (Å²) in [6.45, 7) is 2.00. The molecule has 2 heteroatoms. The first-order chi connectivity index (χ1) is 7.75. The van der Waals surface area contributed by atoms with Crippen LogP contribution in [0.4, 0.5) is 0 Å². The van der Waals surface area contributed by atoms with Crippen LogP contribution in [0.1, 0.15) is 12.5 Å². The fraction of sp³-hybridized carbons (Fsp3) is 0.143. The Morgan fingerprint density at radius 3 is 2.94 bits per heavy atom. The predicted molar refractivity (Wildman–Crippen MR) is 69.0 cm³/mol. The molecule has 0 aliphatic carbocycles. The van der Waals surface area contributed by atoms with Gasteiger partial charge in [0, 0.05) is 16.8 Å². The van der Waals surface area contributed by atoms with Crippen molar-refractivity contribution in [2.45, 2.75) is 13.0 Å². The van der Waals surface area contributed by atoms with Crippen LogP contribution in [-0.2, 0) is 0 Å². The van der Waals surface area contributed by atoms with E-state index in [1.54, 1.807) is 0 Å². The highest BCUT2D eigenvalue weighted by Crippen LogP contribution is 2.17. The first-order valence-corrected chi connectivity index (χ1v) is 5.59. The van der Waals surface area contributed by atoms with Gasteiger partial charge in [-0.2, -0.15) is 0 Å². The quantitative estimate of drug-likeness (QED) is 0.819. The van der Waals surface area contributed by atoms with Gasteiger partial charge in [-0.05, 0) is 18.6 Å². The Balaban J connectivity index is 2.08. The Bertz CT molecular complexity index is 458. The van der Waals surface area contributed by atoms with E-state index in [2.05, 4.69) is 23.5 Å². The minimum Gasteiger partial charge on any atom is -0.378 e. The number of benzene rings is 1. The molecule has 1 heterocycles. The lowest BCUT2D eigenvalue weighted by molar-refractivity contribution is 0.773. The maximum Gasteiger partial charge on any atom is 0.0632 e. The molecule has 1 radical (unpaired) electrons. The second-order valence-electron chi connectivity index (χ2n) is 3.68. The third-order valence-corrected chi connectivity index (χ3v) is 2.72. The number of hydrogen-bond donors (Lipinski definition) is 1. The highest BCUT2D eigenvalue weighted by atomic mass is 35.5. The number of allylic oxidation sites excluding steroid dienone is 3. The molecule has 1 nitrogen and oxygen atoms in total. The largest absolute Gasteiger partial charge is 0.378 e. The van der Waals surface area contributed by atoms with Gasteiger partial charge in [-0.15, -0.1) is 0 Å². The van der Waals surface area contributed by atoms with Crippen LogP contribution in [0.2, 0.25) is 5.02 Å². The van der Waals surface area contributed by atoms with E-state index in [1.165, 1.54) is 0 Å². The molecule has 0 saturated carbocycles. The predicted octanol–water partition coefficient (Wildman–Crippen LogP) is 3.59. The maximum absolute atomic E-state index is 6.06. The molecule has 0 fully saturated rings. The van der Waals surface area contributed by atoms with Gasteiger partial charge in [0.15, 0.2) is 0 Å². The minimum atomic E-state index is 0.220. The van der Waals surface area contributed by atoms with Crippen molar-refractivity contribution in [3.05, 3.63) is 64.9 Å². The van der Waals surface area contributed by atoms with E-state index in [0.717, 1.165) is 16.3 Å². The Kier molecular flexibility index (Phi) is 3.47. The van der Waals surface area contributed by atoms with E-state index in [0.29, 0.717) is 0 Å². The molecule has 0 spiro atoms. The van der Waals surface area contributed by atoms with E-state index >= 15 is 0 Å². The summed E-state index contributed by atoms with van der Waals surface area (Å²) in [7, 11) is 0. The lowest BCUT2D eigenvalue weighted by Gasteiger charge is -2.15. The van der Waals surface area contributed by atoms with Crippen LogP contribution >= 0.6 is 11.6 Å². The summed E-state index contributed by atoms with van der Waals surface area (Å²) in [5.41, 5.74) is 2.09. The third-order valence-electron chi connectivity index (χ3n) is 2.37. The summed E-state index contributed by atoms with van der Waals surface area (Å²) in [5, 5.41) is 4.07. The summed E-state index contributed by atoms with van der Waals surface area (Å²) >= 11 is 6.06. The maximum atomic E-state index is 6.06. The van der Waals surface area contributed by atoms with E-state index < -0.39 is 0 Å². The van der Waals surface area contributed by atoms with Crippen molar-refractivity contribution >= 4 is 17.7 Å². The summed E-state index contributed by atoms with van der Waals surface area (Å²) in [5.74, 6) is 0. The van der Waals surface area contributed by atoms with Gasteiger partial charge in [0.25, 0.3) is 0 Å². The van der Waals surface area contributed by atoms with E-state index in [1.807, 2.05) is 43.3 Å². The standard InChI is InChI=1S/C14H13ClN/c1-11-5-4-7-13(16-11)10-9-12-6-2-3-8-14(12)15/h2-4,6-10,13,16H,1H3. The van der Waals surface area contributed by atoms with Gasteiger partial charge in [0.2, 0.25) is 0 Å². The summed E-state index contributed by atoms with van der Waals surface area (Å²) < 4.78 is 0. The average molecular weight is 231 g/mol. The Labute approximate surface area is 101 Å². The molecule has 1 aromatic rings. The molecule has 0 aromatic heterocycles. The molecule has 1 unspecified atom stereocenters. The molecule has 1 atom stereocenters. The Morgan fingerprint density at radius 1 is 1.38 bits per heavy atom. The molecule has 2 rings (SSSR count). The van der Waals surface area contributed by atoms with Crippen LogP contribution < -0.4 is 5.32 Å². The number of dihydropyridines is 1. The number of halogens is 1. The fourth-order valence-electron chi connectivity index (χ4n) is 1.55. The van der Waals surface area contributed by atoms with Crippen molar-refractivity contribution in [2.24, 2.45) is 0 Å². The monoisotopic (exact) mass is 230 g/mol. The second kappa shape index (κ2) is 5.04. The van der Waals surface area contributed by atoms with Gasteiger partial charge in [0.1, 0.15) is 0 Å². The highest BCUT2D eigenvalue weighted by Gasteiger charge is 2.03. The molecular formula is C14H13ClN. The molecule has 1 N–H and O–H groups in total. The molecule has 1 aromatic carbocycles. The van der Waals surface area contributed by atoms with E-state index in [4.69, 9.17) is 11.6 Å². The van der Waals surface area contributed by atoms with E-state index in [-0.39, 0.29) is 6.04 Å². The fourth-order valence-corrected chi connectivity index (χ4v) is 1.75. The van der Waals surface area contributed by atoms with Crippen molar-refractivity contribution < 1.29 is 0 Å². The van der Waals surface area contributed by atoms with Crippen molar-refractivity contribution in [3.63, 3.8) is 0 Å². The van der Waals surface area contributed by atoms with Gasteiger partial charge in [0.05, 0.1) is 6.04 Å². The van der Waals surface area contributed by atoms with Crippen molar-refractivity contribution in [3.8, 4) is 0 Å². The Hall–Kier alpha value is -1.47. The van der Waals surface area contributed by atoms with Crippen LogP contribution in [0.3, 0.4) is 0 Å². The van der Waals surface area contributed by atoms with Gasteiger partial charge in [-0.3, -0.25) is 0 Å².